The maximum atomic E-state index is 13.0. The molecule has 0 aliphatic heterocycles. The van der Waals surface area contributed by atoms with Crippen LogP contribution in [0.15, 0.2) is 30.5 Å². The maximum absolute atomic E-state index is 13.0. The molecule has 1 aromatic carbocycles. The predicted octanol–water partition coefficient (Wildman–Crippen LogP) is 1.18. The Labute approximate surface area is 92.4 Å². The third-order valence-electron chi connectivity index (χ3n) is 2.09. The zero-order chi connectivity index (χ0) is 11.4. The number of hydrogen-bond acceptors (Lipinski definition) is 4. The van der Waals surface area contributed by atoms with Crippen LogP contribution in [0.3, 0.4) is 0 Å². The van der Waals surface area contributed by atoms with E-state index in [0.717, 1.165) is 0 Å². The molecule has 0 spiro atoms. The van der Waals surface area contributed by atoms with Crippen LogP contribution in [0.25, 0.3) is 11.3 Å². The van der Waals surface area contributed by atoms with Crippen molar-refractivity contribution in [3.8, 4) is 11.3 Å². The number of nitrogens with zero attached hydrogens (tertiary/aromatic N) is 3. The molecule has 16 heavy (non-hydrogen) atoms. The number of nitrogens with two attached hydrogens (primary N) is 1. The van der Waals surface area contributed by atoms with Crippen LogP contribution in [0.5, 0.6) is 0 Å². The maximum Gasteiger partial charge on any atom is 0.152 e. The largest absolute Gasteiger partial charge is 0.330 e. The van der Waals surface area contributed by atoms with Crippen LogP contribution in [0.4, 0.5) is 4.39 Å². The lowest BCUT2D eigenvalue weighted by Gasteiger charge is -2.01. The Kier molecular flexibility index (Phi) is 3.16. The molecule has 5 heteroatoms. The fraction of sp³-hybridized carbons (Fsp3) is 0.182. The molecule has 82 valence electrons. The topological polar surface area (TPSA) is 64.7 Å². The first-order valence-corrected chi connectivity index (χ1v) is 4.94. The zero-order valence-electron chi connectivity index (χ0n) is 8.60. The molecule has 0 saturated heterocycles. The van der Waals surface area contributed by atoms with Gasteiger partial charge in [0.15, 0.2) is 5.82 Å². The van der Waals surface area contributed by atoms with E-state index in [4.69, 9.17) is 5.73 Å². The molecule has 2 N–H and O–H groups in total. The molecule has 1 aromatic heterocycles. The highest BCUT2D eigenvalue weighted by molar-refractivity contribution is 5.57. The van der Waals surface area contributed by atoms with E-state index < -0.39 is 0 Å². The Morgan fingerprint density at radius 1 is 1.31 bits per heavy atom. The lowest BCUT2D eigenvalue weighted by atomic mass is 10.1. The second-order valence-electron chi connectivity index (χ2n) is 3.31. The Bertz CT molecular complexity index is 487. The molecule has 0 aliphatic carbocycles. The Morgan fingerprint density at radius 2 is 2.19 bits per heavy atom. The van der Waals surface area contributed by atoms with E-state index in [-0.39, 0.29) is 5.82 Å². The SMILES string of the molecule is NCCc1nncc(-c2cccc(F)c2)n1. The van der Waals surface area contributed by atoms with E-state index in [0.29, 0.717) is 30.0 Å². The first kappa shape index (κ1) is 10.6. The van der Waals surface area contributed by atoms with Crippen molar-refractivity contribution in [2.75, 3.05) is 6.54 Å². The minimum absolute atomic E-state index is 0.295. The quantitative estimate of drug-likeness (QED) is 0.840. The summed E-state index contributed by atoms with van der Waals surface area (Å²) in [6, 6.07) is 6.21. The molecular weight excluding hydrogens is 207 g/mol. The highest BCUT2D eigenvalue weighted by Crippen LogP contribution is 2.16. The molecule has 0 saturated carbocycles. The van der Waals surface area contributed by atoms with E-state index in [1.807, 2.05) is 0 Å². The molecule has 2 rings (SSSR count). The van der Waals surface area contributed by atoms with Crippen LogP contribution >= 0.6 is 0 Å². The molecular formula is C11H11FN4. The van der Waals surface area contributed by atoms with Gasteiger partial charge in [0.05, 0.1) is 11.9 Å². The average molecular weight is 218 g/mol. The molecule has 0 atom stereocenters. The van der Waals surface area contributed by atoms with Crippen molar-refractivity contribution < 1.29 is 4.39 Å². The van der Waals surface area contributed by atoms with Gasteiger partial charge in [0, 0.05) is 12.0 Å². The standard InChI is InChI=1S/C11H11FN4/c12-9-3-1-2-8(6-9)10-7-14-16-11(15-10)4-5-13/h1-3,6-7H,4-5,13H2. The average Bonchev–Trinajstić information content (AvgIpc) is 2.30. The summed E-state index contributed by atoms with van der Waals surface area (Å²) in [5.41, 5.74) is 6.70. The summed E-state index contributed by atoms with van der Waals surface area (Å²) < 4.78 is 13.0. The molecule has 0 bridgehead atoms. The van der Waals surface area contributed by atoms with E-state index in [2.05, 4.69) is 15.2 Å². The van der Waals surface area contributed by atoms with Crippen molar-refractivity contribution in [2.24, 2.45) is 5.73 Å². The normalized spacial score (nSPS) is 10.4. The molecule has 0 fully saturated rings. The van der Waals surface area contributed by atoms with Gasteiger partial charge in [-0.25, -0.2) is 9.37 Å². The predicted molar refractivity (Wildman–Crippen MR) is 58.0 cm³/mol. The van der Waals surface area contributed by atoms with Crippen LogP contribution in [0, 0.1) is 5.82 Å². The van der Waals surface area contributed by atoms with Crippen molar-refractivity contribution in [2.45, 2.75) is 6.42 Å². The molecule has 4 nitrogen and oxygen atoms in total. The number of aromatic nitrogens is 3. The van der Waals surface area contributed by atoms with Gasteiger partial charge in [-0.3, -0.25) is 0 Å². The van der Waals surface area contributed by atoms with Crippen LogP contribution < -0.4 is 5.73 Å². The monoisotopic (exact) mass is 218 g/mol. The van der Waals surface area contributed by atoms with Gasteiger partial charge in [0.1, 0.15) is 5.82 Å². The third kappa shape index (κ3) is 2.38. The molecule has 0 aliphatic rings. The lowest BCUT2D eigenvalue weighted by molar-refractivity contribution is 0.628. The number of hydrogen-bond donors (Lipinski definition) is 1. The van der Waals surface area contributed by atoms with Crippen molar-refractivity contribution >= 4 is 0 Å². The van der Waals surface area contributed by atoms with E-state index in [9.17, 15) is 4.39 Å². The van der Waals surface area contributed by atoms with E-state index >= 15 is 0 Å². The van der Waals surface area contributed by atoms with Crippen LogP contribution in [0.1, 0.15) is 5.82 Å². The lowest BCUT2D eigenvalue weighted by Crippen LogP contribution is -2.07. The molecule has 0 amide bonds. The van der Waals surface area contributed by atoms with Gasteiger partial charge in [-0.2, -0.15) is 5.10 Å². The van der Waals surface area contributed by atoms with Crippen molar-refractivity contribution in [3.05, 3.63) is 42.1 Å². The molecule has 0 radical (unpaired) electrons. The number of rotatable bonds is 3. The first-order chi connectivity index (χ1) is 7.79. The smallest absolute Gasteiger partial charge is 0.152 e. The van der Waals surface area contributed by atoms with E-state index in [1.54, 1.807) is 12.1 Å². The van der Waals surface area contributed by atoms with Crippen molar-refractivity contribution in [1.29, 1.82) is 0 Å². The molecule has 1 heterocycles. The van der Waals surface area contributed by atoms with Crippen molar-refractivity contribution in [1.82, 2.24) is 15.2 Å². The summed E-state index contributed by atoms with van der Waals surface area (Å²) in [5.74, 6) is 0.278. The van der Waals surface area contributed by atoms with Gasteiger partial charge in [0.2, 0.25) is 0 Å². The number of halogens is 1. The highest BCUT2D eigenvalue weighted by atomic mass is 19.1. The van der Waals surface area contributed by atoms with Gasteiger partial charge in [-0.05, 0) is 18.7 Å². The van der Waals surface area contributed by atoms with Crippen LogP contribution in [-0.4, -0.2) is 21.7 Å². The summed E-state index contributed by atoms with van der Waals surface area (Å²) in [4.78, 5) is 4.25. The van der Waals surface area contributed by atoms with Crippen LogP contribution in [-0.2, 0) is 6.42 Å². The second kappa shape index (κ2) is 4.76. The summed E-state index contributed by atoms with van der Waals surface area (Å²) >= 11 is 0. The third-order valence-corrected chi connectivity index (χ3v) is 2.09. The molecule has 0 unspecified atom stereocenters. The summed E-state index contributed by atoms with van der Waals surface area (Å²) in [6.07, 6.45) is 2.07. The molecule has 2 aromatic rings. The second-order valence-corrected chi connectivity index (χ2v) is 3.31. The first-order valence-electron chi connectivity index (χ1n) is 4.94. The zero-order valence-corrected chi connectivity index (χ0v) is 8.60. The minimum Gasteiger partial charge on any atom is -0.330 e. The Balaban J connectivity index is 2.36. The Morgan fingerprint density at radius 3 is 2.94 bits per heavy atom. The van der Waals surface area contributed by atoms with Gasteiger partial charge < -0.3 is 5.73 Å². The van der Waals surface area contributed by atoms with Gasteiger partial charge in [-0.1, -0.05) is 12.1 Å². The van der Waals surface area contributed by atoms with Gasteiger partial charge in [0.25, 0.3) is 0 Å². The van der Waals surface area contributed by atoms with Gasteiger partial charge in [-0.15, -0.1) is 5.10 Å². The van der Waals surface area contributed by atoms with Crippen molar-refractivity contribution in [3.63, 3.8) is 0 Å². The van der Waals surface area contributed by atoms with E-state index in [1.165, 1.54) is 18.3 Å². The summed E-state index contributed by atoms with van der Waals surface area (Å²) in [7, 11) is 0. The minimum atomic E-state index is -0.295. The Hall–Kier alpha value is -1.88. The van der Waals surface area contributed by atoms with Gasteiger partial charge >= 0.3 is 0 Å². The summed E-state index contributed by atoms with van der Waals surface area (Å²) in [5, 5.41) is 7.66. The fourth-order valence-corrected chi connectivity index (χ4v) is 1.36. The number of benzene rings is 1. The highest BCUT2D eigenvalue weighted by Gasteiger charge is 2.03. The van der Waals surface area contributed by atoms with Crippen LogP contribution in [0.2, 0.25) is 0 Å². The fourth-order valence-electron chi connectivity index (χ4n) is 1.36. The summed E-state index contributed by atoms with van der Waals surface area (Å²) in [6.45, 7) is 0.467.